The van der Waals surface area contributed by atoms with Crippen molar-refractivity contribution in [2.75, 3.05) is 18.8 Å². The van der Waals surface area contributed by atoms with Crippen molar-refractivity contribution in [3.05, 3.63) is 29.3 Å². The van der Waals surface area contributed by atoms with Crippen molar-refractivity contribution >= 4 is 23.6 Å². The van der Waals surface area contributed by atoms with Crippen LogP contribution in [0.5, 0.6) is 0 Å². The van der Waals surface area contributed by atoms with Crippen LogP contribution in [0.3, 0.4) is 0 Å². The molecule has 0 saturated carbocycles. The number of piperidine rings is 1. The van der Waals surface area contributed by atoms with Crippen molar-refractivity contribution in [3.8, 4) is 0 Å². The Balaban J connectivity index is 1.70. The second kappa shape index (κ2) is 6.10. The number of nitrogens with zero attached hydrogens (tertiary/aromatic N) is 1. The maximum Gasteiger partial charge on any atom is 0.253 e. The SMILES string of the molecule is NC(=O)C1CCN(C(=O)c2ccc3c(c2)CCCS3)CC1. The molecule has 2 amide bonds. The highest BCUT2D eigenvalue weighted by Crippen LogP contribution is 2.31. The van der Waals surface area contributed by atoms with E-state index < -0.39 is 0 Å². The summed E-state index contributed by atoms with van der Waals surface area (Å²) in [6.45, 7) is 1.25. The van der Waals surface area contributed by atoms with E-state index in [4.69, 9.17) is 5.73 Å². The Hall–Kier alpha value is -1.49. The summed E-state index contributed by atoms with van der Waals surface area (Å²) < 4.78 is 0. The Morgan fingerprint density at radius 3 is 2.71 bits per heavy atom. The summed E-state index contributed by atoms with van der Waals surface area (Å²) >= 11 is 1.87. The van der Waals surface area contributed by atoms with Gasteiger partial charge < -0.3 is 10.6 Å². The van der Waals surface area contributed by atoms with Gasteiger partial charge in [-0.05, 0) is 55.2 Å². The van der Waals surface area contributed by atoms with Gasteiger partial charge in [-0.3, -0.25) is 9.59 Å². The molecule has 0 spiro atoms. The van der Waals surface area contributed by atoms with Crippen molar-refractivity contribution in [1.82, 2.24) is 4.90 Å². The molecule has 0 radical (unpaired) electrons. The van der Waals surface area contributed by atoms with E-state index in [1.807, 2.05) is 28.8 Å². The summed E-state index contributed by atoms with van der Waals surface area (Å²) in [6, 6.07) is 6.05. The van der Waals surface area contributed by atoms with Crippen molar-refractivity contribution in [2.24, 2.45) is 11.7 Å². The normalized spacial score (nSPS) is 19.1. The summed E-state index contributed by atoms with van der Waals surface area (Å²) in [5, 5.41) is 0. The van der Waals surface area contributed by atoms with E-state index in [2.05, 4.69) is 6.07 Å². The average Bonchev–Trinajstić information content (AvgIpc) is 2.54. The quantitative estimate of drug-likeness (QED) is 0.909. The molecular weight excluding hydrogens is 284 g/mol. The Morgan fingerprint density at radius 2 is 2.00 bits per heavy atom. The molecule has 4 nitrogen and oxygen atoms in total. The second-order valence-electron chi connectivity index (χ2n) is 5.74. The van der Waals surface area contributed by atoms with Gasteiger partial charge in [-0.15, -0.1) is 11.8 Å². The van der Waals surface area contributed by atoms with E-state index in [9.17, 15) is 9.59 Å². The van der Waals surface area contributed by atoms with Gasteiger partial charge in [0, 0.05) is 29.5 Å². The van der Waals surface area contributed by atoms with Gasteiger partial charge in [0.15, 0.2) is 0 Å². The first-order valence-corrected chi connectivity index (χ1v) is 8.48. The lowest BCUT2D eigenvalue weighted by Gasteiger charge is -2.31. The number of rotatable bonds is 2. The minimum atomic E-state index is -0.243. The molecule has 0 bridgehead atoms. The number of fused-ring (bicyclic) bond motifs is 1. The van der Waals surface area contributed by atoms with Gasteiger partial charge in [-0.1, -0.05) is 0 Å². The number of hydrogen-bond donors (Lipinski definition) is 1. The summed E-state index contributed by atoms with van der Waals surface area (Å²) in [5.41, 5.74) is 7.40. The number of likely N-dealkylation sites (tertiary alicyclic amines) is 1. The van der Waals surface area contributed by atoms with Crippen molar-refractivity contribution in [1.29, 1.82) is 0 Å². The molecule has 1 aromatic rings. The maximum atomic E-state index is 12.6. The molecule has 0 atom stereocenters. The third-order valence-electron chi connectivity index (χ3n) is 4.34. The van der Waals surface area contributed by atoms with Crippen LogP contribution in [-0.4, -0.2) is 35.6 Å². The molecule has 0 unspecified atom stereocenters. The molecule has 2 aliphatic rings. The third kappa shape index (κ3) is 3.07. The van der Waals surface area contributed by atoms with E-state index in [1.165, 1.54) is 22.6 Å². The number of primary amides is 1. The highest BCUT2D eigenvalue weighted by molar-refractivity contribution is 7.99. The topological polar surface area (TPSA) is 63.4 Å². The fourth-order valence-corrected chi connectivity index (χ4v) is 4.06. The van der Waals surface area contributed by atoms with Crippen molar-refractivity contribution < 1.29 is 9.59 Å². The zero-order valence-electron chi connectivity index (χ0n) is 12.0. The zero-order chi connectivity index (χ0) is 14.8. The number of benzene rings is 1. The van der Waals surface area contributed by atoms with Crippen LogP contribution >= 0.6 is 11.8 Å². The molecular formula is C16H20N2O2S. The van der Waals surface area contributed by atoms with Crippen LogP contribution in [0.2, 0.25) is 0 Å². The van der Waals surface area contributed by atoms with E-state index in [0.717, 1.165) is 12.0 Å². The second-order valence-corrected chi connectivity index (χ2v) is 6.88. The number of carbonyl (C=O) groups is 2. The fourth-order valence-electron chi connectivity index (χ4n) is 3.04. The lowest BCUT2D eigenvalue weighted by molar-refractivity contribution is -0.123. The predicted molar refractivity (Wildman–Crippen MR) is 83.3 cm³/mol. The molecule has 1 saturated heterocycles. The third-order valence-corrected chi connectivity index (χ3v) is 5.54. The number of amides is 2. The van der Waals surface area contributed by atoms with Crippen LogP contribution in [-0.2, 0) is 11.2 Å². The van der Waals surface area contributed by atoms with Crippen LogP contribution in [0.15, 0.2) is 23.1 Å². The number of hydrogen-bond acceptors (Lipinski definition) is 3. The van der Waals surface area contributed by atoms with E-state index in [-0.39, 0.29) is 17.7 Å². The molecule has 1 aromatic carbocycles. The van der Waals surface area contributed by atoms with Crippen LogP contribution in [0.4, 0.5) is 0 Å². The largest absolute Gasteiger partial charge is 0.369 e. The average molecular weight is 304 g/mol. The van der Waals surface area contributed by atoms with Crippen LogP contribution in [0, 0.1) is 5.92 Å². The highest BCUT2D eigenvalue weighted by Gasteiger charge is 2.26. The number of aryl methyl sites for hydroxylation is 1. The number of thioether (sulfide) groups is 1. The van der Waals surface area contributed by atoms with Gasteiger partial charge in [0.2, 0.25) is 5.91 Å². The molecule has 21 heavy (non-hydrogen) atoms. The monoisotopic (exact) mass is 304 g/mol. The van der Waals surface area contributed by atoms with E-state index in [0.29, 0.717) is 25.9 Å². The standard InChI is InChI=1S/C16H20N2O2S/c17-15(19)11-5-7-18(8-6-11)16(20)13-3-4-14-12(10-13)2-1-9-21-14/h3-4,10-11H,1-2,5-9H2,(H2,17,19). The van der Waals surface area contributed by atoms with Crippen molar-refractivity contribution in [3.63, 3.8) is 0 Å². The van der Waals surface area contributed by atoms with Gasteiger partial charge >= 0.3 is 0 Å². The Labute approximate surface area is 129 Å². The molecule has 0 aromatic heterocycles. The minimum Gasteiger partial charge on any atom is -0.369 e. The summed E-state index contributed by atoms with van der Waals surface area (Å²) in [6.07, 6.45) is 3.61. The smallest absolute Gasteiger partial charge is 0.253 e. The summed E-state index contributed by atoms with van der Waals surface area (Å²) in [4.78, 5) is 26.9. The molecule has 0 aliphatic carbocycles. The Morgan fingerprint density at radius 1 is 1.24 bits per heavy atom. The van der Waals surface area contributed by atoms with E-state index >= 15 is 0 Å². The molecule has 2 aliphatic heterocycles. The Bertz CT molecular complexity index is 565. The van der Waals surface area contributed by atoms with Gasteiger partial charge in [0.25, 0.3) is 5.91 Å². The minimum absolute atomic E-state index is 0.0750. The summed E-state index contributed by atoms with van der Waals surface area (Å²) in [7, 11) is 0. The lowest BCUT2D eigenvalue weighted by Crippen LogP contribution is -2.41. The zero-order valence-corrected chi connectivity index (χ0v) is 12.8. The number of nitrogens with two attached hydrogens (primary N) is 1. The predicted octanol–water partition coefficient (Wildman–Crippen LogP) is 2.06. The molecule has 1 fully saturated rings. The molecule has 5 heteroatoms. The van der Waals surface area contributed by atoms with Crippen molar-refractivity contribution in [2.45, 2.75) is 30.6 Å². The first kappa shape index (κ1) is 14.4. The van der Waals surface area contributed by atoms with Crippen LogP contribution < -0.4 is 5.73 Å². The molecule has 3 rings (SSSR count). The maximum absolute atomic E-state index is 12.6. The van der Waals surface area contributed by atoms with Crippen LogP contribution in [0.1, 0.15) is 35.2 Å². The lowest BCUT2D eigenvalue weighted by atomic mass is 9.95. The van der Waals surface area contributed by atoms with Crippen LogP contribution in [0.25, 0.3) is 0 Å². The van der Waals surface area contributed by atoms with E-state index in [1.54, 1.807) is 0 Å². The van der Waals surface area contributed by atoms with Gasteiger partial charge in [-0.25, -0.2) is 0 Å². The molecule has 2 N–H and O–H groups in total. The first-order valence-electron chi connectivity index (χ1n) is 7.49. The Kier molecular flexibility index (Phi) is 4.19. The number of carbonyl (C=O) groups excluding carboxylic acids is 2. The first-order chi connectivity index (χ1) is 10.1. The molecule has 112 valence electrons. The summed E-state index contributed by atoms with van der Waals surface area (Å²) in [5.74, 6) is 0.930. The van der Waals surface area contributed by atoms with Gasteiger partial charge in [-0.2, -0.15) is 0 Å². The van der Waals surface area contributed by atoms with Gasteiger partial charge in [0.1, 0.15) is 0 Å². The van der Waals surface area contributed by atoms with Gasteiger partial charge in [0.05, 0.1) is 0 Å². The highest BCUT2D eigenvalue weighted by atomic mass is 32.2. The molecule has 2 heterocycles. The fraction of sp³-hybridized carbons (Fsp3) is 0.500.